The summed E-state index contributed by atoms with van der Waals surface area (Å²) in [5.74, 6) is 7.12. The van der Waals surface area contributed by atoms with E-state index in [0.717, 1.165) is 5.56 Å². The first-order chi connectivity index (χ1) is 9.21. The van der Waals surface area contributed by atoms with Crippen LogP contribution in [0.5, 0.6) is 11.5 Å². The van der Waals surface area contributed by atoms with Gasteiger partial charge in [-0.05, 0) is 46.5 Å². The van der Waals surface area contributed by atoms with Crippen molar-refractivity contribution in [3.05, 3.63) is 45.6 Å². The van der Waals surface area contributed by atoms with E-state index in [9.17, 15) is 0 Å². The third-order valence-electron chi connectivity index (χ3n) is 3.11. The van der Waals surface area contributed by atoms with Crippen LogP contribution in [0.2, 0.25) is 0 Å². The molecule has 0 aliphatic rings. The number of ether oxygens (including phenoxy) is 2. The molecule has 0 aliphatic heterocycles. The largest absolute Gasteiger partial charge is 0.493 e. The fourth-order valence-electron chi connectivity index (χ4n) is 2.06. The van der Waals surface area contributed by atoms with Gasteiger partial charge in [-0.25, -0.2) is 5.43 Å². The Hall–Kier alpha value is -1.56. The molecule has 1 unspecified atom stereocenters. The minimum Gasteiger partial charge on any atom is -0.493 e. The van der Waals surface area contributed by atoms with Gasteiger partial charge in [0.2, 0.25) is 0 Å². The van der Waals surface area contributed by atoms with Crippen molar-refractivity contribution in [3.63, 3.8) is 0 Å². The number of benzene rings is 1. The molecule has 0 spiro atoms. The molecule has 0 fully saturated rings. The lowest BCUT2D eigenvalue weighted by atomic mass is 9.98. The lowest BCUT2D eigenvalue weighted by Gasteiger charge is -2.18. The number of hydrazine groups is 1. The summed E-state index contributed by atoms with van der Waals surface area (Å²) in [6, 6.07) is 5.77. The van der Waals surface area contributed by atoms with Crippen molar-refractivity contribution in [2.45, 2.75) is 13.0 Å². The number of thiophene rings is 1. The minimum atomic E-state index is -0.0499. The van der Waals surface area contributed by atoms with Crippen molar-refractivity contribution < 1.29 is 9.47 Å². The fourth-order valence-corrected chi connectivity index (χ4v) is 2.94. The predicted molar refractivity (Wildman–Crippen MR) is 77.8 cm³/mol. The van der Waals surface area contributed by atoms with Crippen LogP contribution in [0.15, 0.2) is 29.0 Å². The molecule has 0 amide bonds. The van der Waals surface area contributed by atoms with Crippen molar-refractivity contribution in [2.24, 2.45) is 5.84 Å². The highest BCUT2D eigenvalue weighted by Gasteiger charge is 2.17. The zero-order chi connectivity index (χ0) is 13.8. The van der Waals surface area contributed by atoms with Gasteiger partial charge in [0.25, 0.3) is 0 Å². The van der Waals surface area contributed by atoms with Gasteiger partial charge in [0.1, 0.15) is 0 Å². The van der Waals surface area contributed by atoms with E-state index in [0.29, 0.717) is 11.5 Å². The summed E-state index contributed by atoms with van der Waals surface area (Å²) in [5.41, 5.74) is 6.31. The van der Waals surface area contributed by atoms with Gasteiger partial charge in [-0.3, -0.25) is 5.84 Å². The van der Waals surface area contributed by atoms with Crippen LogP contribution in [0.1, 0.15) is 22.7 Å². The first-order valence-electron chi connectivity index (χ1n) is 5.92. The Balaban J connectivity index is 2.42. The van der Waals surface area contributed by atoms with Crippen LogP contribution in [-0.4, -0.2) is 14.2 Å². The second-order valence-electron chi connectivity index (χ2n) is 4.22. The number of hydrogen-bond donors (Lipinski definition) is 2. The second-order valence-corrected chi connectivity index (χ2v) is 4.97. The lowest BCUT2D eigenvalue weighted by molar-refractivity contribution is 0.354. The molecule has 0 radical (unpaired) electrons. The molecule has 1 aromatic carbocycles. The standard InChI is InChI=1S/C14H18N2O2S/c1-9-7-19-8-11(9)14(16-15)10-4-5-12(17-2)13(6-10)18-3/h4-8,14,16H,15H2,1-3H3. The smallest absolute Gasteiger partial charge is 0.161 e. The Morgan fingerprint density at radius 1 is 1.16 bits per heavy atom. The van der Waals surface area contributed by atoms with Crippen LogP contribution >= 0.6 is 11.3 Å². The summed E-state index contributed by atoms with van der Waals surface area (Å²) in [6.07, 6.45) is 0. The van der Waals surface area contributed by atoms with Crippen molar-refractivity contribution in [3.8, 4) is 11.5 Å². The summed E-state index contributed by atoms with van der Waals surface area (Å²) >= 11 is 1.67. The molecule has 3 N–H and O–H groups in total. The number of nitrogens with two attached hydrogens (primary N) is 1. The van der Waals surface area contributed by atoms with Gasteiger partial charge in [0.05, 0.1) is 20.3 Å². The second kappa shape index (κ2) is 6.06. The molecular weight excluding hydrogens is 260 g/mol. The highest BCUT2D eigenvalue weighted by molar-refractivity contribution is 7.08. The van der Waals surface area contributed by atoms with E-state index >= 15 is 0 Å². The lowest BCUT2D eigenvalue weighted by Crippen LogP contribution is -2.29. The van der Waals surface area contributed by atoms with E-state index in [1.54, 1.807) is 25.6 Å². The number of nitrogens with one attached hydrogen (secondary N) is 1. The molecule has 2 aromatic rings. The van der Waals surface area contributed by atoms with Crippen LogP contribution in [-0.2, 0) is 0 Å². The molecule has 102 valence electrons. The zero-order valence-electron chi connectivity index (χ0n) is 11.3. The highest BCUT2D eigenvalue weighted by Crippen LogP contribution is 2.33. The average molecular weight is 278 g/mol. The summed E-state index contributed by atoms with van der Waals surface area (Å²) < 4.78 is 10.6. The van der Waals surface area contributed by atoms with E-state index in [1.165, 1.54) is 11.1 Å². The van der Waals surface area contributed by atoms with Gasteiger partial charge < -0.3 is 9.47 Å². The van der Waals surface area contributed by atoms with Gasteiger partial charge in [-0.15, -0.1) is 0 Å². The summed E-state index contributed by atoms with van der Waals surface area (Å²) in [6.45, 7) is 2.08. The SMILES string of the molecule is COc1ccc(C(NN)c2cscc2C)cc1OC. The van der Waals surface area contributed by atoms with Gasteiger partial charge in [0, 0.05) is 0 Å². The van der Waals surface area contributed by atoms with E-state index < -0.39 is 0 Å². The van der Waals surface area contributed by atoms with Crippen molar-refractivity contribution in [1.29, 1.82) is 0 Å². The Morgan fingerprint density at radius 2 is 1.89 bits per heavy atom. The molecule has 1 aromatic heterocycles. The van der Waals surface area contributed by atoms with E-state index in [1.807, 2.05) is 18.2 Å². The molecular formula is C14H18N2O2S. The van der Waals surface area contributed by atoms with Crippen molar-refractivity contribution >= 4 is 11.3 Å². The molecule has 0 saturated carbocycles. The Kier molecular flexibility index (Phi) is 4.42. The average Bonchev–Trinajstić information content (AvgIpc) is 2.86. The van der Waals surface area contributed by atoms with Crippen molar-refractivity contribution in [1.82, 2.24) is 5.43 Å². The molecule has 2 rings (SSSR count). The summed E-state index contributed by atoms with van der Waals surface area (Å²) in [7, 11) is 3.25. The van der Waals surface area contributed by atoms with Crippen LogP contribution in [0.25, 0.3) is 0 Å². The molecule has 0 saturated heterocycles. The maximum absolute atomic E-state index is 5.71. The molecule has 0 aliphatic carbocycles. The molecule has 1 heterocycles. The Bertz CT molecular complexity index is 554. The van der Waals surface area contributed by atoms with Gasteiger partial charge >= 0.3 is 0 Å². The maximum atomic E-state index is 5.71. The van der Waals surface area contributed by atoms with Crippen LogP contribution in [0.3, 0.4) is 0 Å². The molecule has 19 heavy (non-hydrogen) atoms. The Labute approximate surface area is 117 Å². The van der Waals surface area contributed by atoms with Crippen LogP contribution in [0.4, 0.5) is 0 Å². The Morgan fingerprint density at radius 3 is 2.42 bits per heavy atom. The topological polar surface area (TPSA) is 56.5 Å². The third kappa shape index (κ3) is 2.73. The minimum absolute atomic E-state index is 0.0499. The molecule has 0 bridgehead atoms. The zero-order valence-corrected chi connectivity index (χ0v) is 12.1. The fraction of sp³-hybridized carbons (Fsp3) is 0.286. The molecule has 4 nitrogen and oxygen atoms in total. The molecule has 5 heteroatoms. The van der Waals surface area contributed by atoms with Crippen LogP contribution in [0, 0.1) is 6.92 Å². The third-order valence-corrected chi connectivity index (χ3v) is 3.99. The summed E-state index contributed by atoms with van der Waals surface area (Å²) in [5, 5.41) is 4.22. The maximum Gasteiger partial charge on any atom is 0.161 e. The highest BCUT2D eigenvalue weighted by atomic mass is 32.1. The quantitative estimate of drug-likeness (QED) is 0.652. The van der Waals surface area contributed by atoms with E-state index in [2.05, 4.69) is 23.1 Å². The van der Waals surface area contributed by atoms with Crippen LogP contribution < -0.4 is 20.7 Å². The number of hydrogen-bond acceptors (Lipinski definition) is 5. The van der Waals surface area contributed by atoms with Gasteiger partial charge in [0.15, 0.2) is 11.5 Å². The predicted octanol–water partition coefficient (Wildman–Crippen LogP) is 2.63. The number of rotatable bonds is 5. The number of aryl methyl sites for hydroxylation is 1. The monoisotopic (exact) mass is 278 g/mol. The van der Waals surface area contributed by atoms with Gasteiger partial charge in [-0.1, -0.05) is 6.07 Å². The van der Waals surface area contributed by atoms with E-state index in [4.69, 9.17) is 15.3 Å². The first kappa shape index (κ1) is 13.9. The van der Waals surface area contributed by atoms with E-state index in [-0.39, 0.29) is 6.04 Å². The number of methoxy groups -OCH3 is 2. The first-order valence-corrected chi connectivity index (χ1v) is 6.86. The molecule has 1 atom stereocenters. The normalized spacial score (nSPS) is 12.2. The van der Waals surface area contributed by atoms with Crippen molar-refractivity contribution in [2.75, 3.05) is 14.2 Å². The van der Waals surface area contributed by atoms with Gasteiger partial charge in [-0.2, -0.15) is 11.3 Å². The summed E-state index contributed by atoms with van der Waals surface area (Å²) in [4.78, 5) is 0.